The van der Waals surface area contributed by atoms with Crippen LogP contribution in [0.5, 0.6) is 0 Å². The van der Waals surface area contributed by atoms with Gasteiger partial charge in [-0.15, -0.1) is 0 Å². The summed E-state index contributed by atoms with van der Waals surface area (Å²) in [6.45, 7) is 16.7. The molecule has 37 heavy (non-hydrogen) atoms. The summed E-state index contributed by atoms with van der Waals surface area (Å²) in [5.41, 5.74) is -0.605. The molecule has 1 aliphatic carbocycles. The van der Waals surface area contributed by atoms with Crippen LogP contribution in [-0.2, 0) is 25.5 Å². The number of aliphatic hydroxyl groups is 2. The molecule has 0 saturated heterocycles. The van der Waals surface area contributed by atoms with Gasteiger partial charge in [0.25, 0.3) is 0 Å². The lowest BCUT2D eigenvalue weighted by Crippen LogP contribution is -2.60. The standard InChI is InChI=1S/C29H44O8/c1-11-21-13(3)22(30)15(5)26(36-21)16(6)23(31)14(4)24(32)18(8)28(34)37-27-17(7)25(33)19(9)29(35,12-2)20(27)10/h14,16-20,24,27,32,35H,11-12H2,1-10H3/t14-,16-,17+,18-,19-,20+,24-,27-,29-/m0/s1. The molecule has 1 aromatic rings. The van der Waals surface area contributed by atoms with E-state index in [9.17, 15) is 29.4 Å². The van der Waals surface area contributed by atoms with E-state index in [1.807, 2.05) is 6.92 Å². The molecule has 8 nitrogen and oxygen atoms in total. The summed E-state index contributed by atoms with van der Waals surface area (Å²) < 4.78 is 11.6. The fourth-order valence-electron chi connectivity index (χ4n) is 5.81. The number of ketones is 2. The number of aliphatic hydroxyl groups excluding tert-OH is 1. The summed E-state index contributed by atoms with van der Waals surface area (Å²) in [5.74, 6) is -5.00. The maximum Gasteiger partial charge on any atom is 0.311 e. The summed E-state index contributed by atoms with van der Waals surface area (Å²) in [4.78, 5) is 51.8. The normalized spacial score (nSPS) is 29.4. The van der Waals surface area contributed by atoms with Crippen LogP contribution in [0.15, 0.2) is 9.21 Å². The average molecular weight is 521 g/mol. The minimum atomic E-state index is -1.36. The molecule has 208 valence electrons. The van der Waals surface area contributed by atoms with Crippen molar-refractivity contribution in [2.24, 2.45) is 29.6 Å². The van der Waals surface area contributed by atoms with Crippen molar-refractivity contribution in [2.45, 2.75) is 106 Å². The van der Waals surface area contributed by atoms with Gasteiger partial charge in [-0.05, 0) is 34.1 Å². The largest absolute Gasteiger partial charge is 0.465 e. The zero-order valence-corrected chi connectivity index (χ0v) is 23.9. The first-order chi connectivity index (χ1) is 17.1. The first-order valence-electron chi connectivity index (χ1n) is 13.4. The van der Waals surface area contributed by atoms with Crippen molar-refractivity contribution in [3.8, 4) is 0 Å². The van der Waals surface area contributed by atoms with Crippen molar-refractivity contribution in [1.82, 2.24) is 0 Å². The zero-order valence-electron chi connectivity index (χ0n) is 23.9. The van der Waals surface area contributed by atoms with Crippen LogP contribution < -0.4 is 5.43 Å². The first kappa shape index (κ1) is 30.9. The van der Waals surface area contributed by atoms with Gasteiger partial charge in [0.2, 0.25) is 0 Å². The van der Waals surface area contributed by atoms with Crippen LogP contribution in [0.25, 0.3) is 0 Å². The lowest BCUT2D eigenvalue weighted by atomic mass is 9.63. The summed E-state index contributed by atoms with van der Waals surface area (Å²) >= 11 is 0. The molecule has 8 heteroatoms. The number of rotatable bonds is 9. The van der Waals surface area contributed by atoms with Crippen LogP contribution in [0, 0.1) is 43.4 Å². The van der Waals surface area contributed by atoms with Crippen LogP contribution in [0.3, 0.4) is 0 Å². The molecule has 0 amide bonds. The highest BCUT2D eigenvalue weighted by molar-refractivity contribution is 5.88. The van der Waals surface area contributed by atoms with Gasteiger partial charge in [0.15, 0.2) is 5.43 Å². The third-order valence-electron chi connectivity index (χ3n) is 8.91. The Labute approximate surface area is 219 Å². The minimum absolute atomic E-state index is 0.172. The van der Waals surface area contributed by atoms with Crippen molar-refractivity contribution in [3.63, 3.8) is 0 Å². The number of hydrogen-bond acceptors (Lipinski definition) is 8. The van der Waals surface area contributed by atoms with E-state index in [4.69, 9.17) is 9.15 Å². The maximum atomic E-state index is 13.3. The number of hydrogen-bond donors (Lipinski definition) is 2. The van der Waals surface area contributed by atoms with E-state index in [0.717, 1.165) is 0 Å². The molecule has 0 spiro atoms. The van der Waals surface area contributed by atoms with Crippen molar-refractivity contribution in [3.05, 3.63) is 32.9 Å². The van der Waals surface area contributed by atoms with Crippen LogP contribution in [0.2, 0.25) is 0 Å². The number of aryl methyl sites for hydroxylation is 1. The number of carbonyl (C=O) groups is 3. The van der Waals surface area contributed by atoms with Gasteiger partial charge in [0.1, 0.15) is 29.2 Å². The quantitative estimate of drug-likeness (QED) is 0.472. The molecular formula is C29H44O8. The summed E-state index contributed by atoms with van der Waals surface area (Å²) in [5, 5.41) is 22.1. The van der Waals surface area contributed by atoms with Crippen LogP contribution in [0.4, 0.5) is 0 Å². The highest BCUT2D eigenvalue weighted by atomic mass is 16.5. The second-order valence-electron chi connectivity index (χ2n) is 11.0. The Kier molecular flexibility index (Phi) is 9.69. The van der Waals surface area contributed by atoms with E-state index in [-0.39, 0.29) is 22.8 Å². The van der Waals surface area contributed by atoms with Gasteiger partial charge in [-0.3, -0.25) is 19.2 Å². The van der Waals surface area contributed by atoms with Crippen molar-refractivity contribution in [1.29, 1.82) is 0 Å². The smallest absolute Gasteiger partial charge is 0.311 e. The van der Waals surface area contributed by atoms with Gasteiger partial charge in [-0.2, -0.15) is 0 Å². The molecule has 1 aromatic heterocycles. The van der Waals surface area contributed by atoms with Crippen LogP contribution >= 0.6 is 0 Å². The zero-order chi connectivity index (χ0) is 28.6. The average Bonchev–Trinajstić information content (AvgIpc) is 2.89. The van der Waals surface area contributed by atoms with Crippen molar-refractivity contribution in [2.75, 3.05) is 0 Å². The van der Waals surface area contributed by atoms with Crippen LogP contribution in [0.1, 0.15) is 90.4 Å². The highest BCUT2D eigenvalue weighted by Gasteiger charge is 2.54. The SMILES string of the molecule is CCc1oc([C@@H](C)C(=O)[C@H](C)[C@H](O)[C@H](C)C(=O)O[C@H]2[C@H](C)C(=O)[C@H](C)[C@@](O)(CC)[C@@H]2C)c(C)c(=O)c1C. The topological polar surface area (TPSA) is 131 Å². The number of ether oxygens (including phenoxy) is 1. The summed E-state index contributed by atoms with van der Waals surface area (Å²) in [6.07, 6.45) is -1.38. The third-order valence-corrected chi connectivity index (χ3v) is 8.91. The van der Waals surface area contributed by atoms with Gasteiger partial charge in [0, 0.05) is 35.3 Å². The third kappa shape index (κ3) is 5.46. The van der Waals surface area contributed by atoms with E-state index in [1.165, 1.54) is 13.8 Å². The Hall–Kier alpha value is -2.32. The summed E-state index contributed by atoms with van der Waals surface area (Å²) in [6, 6.07) is 0. The summed E-state index contributed by atoms with van der Waals surface area (Å²) in [7, 11) is 0. The van der Waals surface area contributed by atoms with Gasteiger partial charge >= 0.3 is 5.97 Å². The molecule has 1 fully saturated rings. The Morgan fingerprint density at radius 1 is 1.03 bits per heavy atom. The molecule has 0 aromatic carbocycles. The molecule has 0 unspecified atom stereocenters. The molecule has 0 bridgehead atoms. The fraction of sp³-hybridized carbons (Fsp3) is 0.724. The van der Waals surface area contributed by atoms with Gasteiger partial charge in [-0.25, -0.2) is 0 Å². The van der Waals surface area contributed by atoms with E-state index in [1.54, 1.807) is 48.5 Å². The number of Topliss-reactive ketones (excluding diaryl/α,β-unsaturated/α-hetero) is 2. The van der Waals surface area contributed by atoms with Crippen molar-refractivity contribution < 1.29 is 33.8 Å². The molecular weight excluding hydrogens is 476 g/mol. The van der Waals surface area contributed by atoms with E-state index < -0.39 is 59.3 Å². The van der Waals surface area contributed by atoms with Gasteiger partial charge in [-0.1, -0.05) is 41.5 Å². The molecule has 0 radical (unpaired) electrons. The van der Waals surface area contributed by atoms with E-state index in [2.05, 4.69) is 0 Å². The molecule has 1 heterocycles. The van der Waals surface area contributed by atoms with Gasteiger partial charge < -0.3 is 19.4 Å². The minimum Gasteiger partial charge on any atom is -0.465 e. The first-order valence-corrected chi connectivity index (χ1v) is 13.4. The molecule has 0 aliphatic heterocycles. The van der Waals surface area contributed by atoms with Crippen LogP contribution in [-0.4, -0.2) is 45.6 Å². The Balaban J connectivity index is 2.22. The Morgan fingerprint density at radius 2 is 1.59 bits per heavy atom. The second-order valence-corrected chi connectivity index (χ2v) is 11.0. The van der Waals surface area contributed by atoms with Gasteiger partial charge in [0.05, 0.1) is 29.5 Å². The number of carbonyl (C=O) groups excluding carboxylic acids is 3. The highest BCUT2D eigenvalue weighted by Crippen LogP contribution is 2.43. The molecule has 9 atom stereocenters. The predicted octanol–water partition coefficient (Wildman–Crippen LogP) is 3.67. The molecule has 2 N–H and O–H groups in total. The molecule has 1 aliphatic rings. The predicted molar refractivity (Wildman–Crippen MR) is 139 cm³/mol. The van der Waals surface area contributed by atoms with E-state index >= 15 is 0 Å². The maximum absolute atomic E-state index is 13.3. The lowest BCUT2D eigenvalue weighted by molar-refractivity contribution is -0.190. The Morgan fingerprint density at radius 3 is 2.11 bits per heavy atom. The number of esters is 1. The lowest BCUT2D eigenvalue weighted by Gasteiger charge is -2.48. The monoisotopic (exact) mass is 520 g/mol. The molecule has 2 rings (SSSR count). The van der Waals surface area contributed by atoms with Crippen molar-refractivity contribution >= 4 is 17.5 Å². The Bertz CT molecular complexity index is 1090. The second kappa shape index (κ2) is 11.6. The fourth-order valence-corrected chi connectivity index (χ4v) is 5.81. The van der Waals surface area contributed by atoms with E-state index in [0.29, 0.717) is 29.7 Å². The molecule has 1 saturated carbocycles.